The number of nitrogens with one attached hydrogen (secondary N) is 2. The Morgan fingerprint density at radius 3 is 2.44 bits per heavy atom. The zero-order chi connectivity index (χ0) is 29.0. The summed E-state index contributed by atoms with van der Waals surface area (Å²) in [6, 6.07) is 13.6. The van der Waals surface area contributed by atoms with Crippen LogP contribution in [0.1, 0.15) is 86.2 Å². The summed E-state index contributed by atoms with van der Waals surface area (Å²) in [4.78, 5) is 22.7. The highest BCUT2D eigenvalue weighted by Gasteiger charge is 2.31. The minimum Gasteiger partial charge on any atom is -0.472 e. The number of benzene rings is 2. The van der Waals surface area contributed by atoms with Crippen LogP contribution >= 0.6 is 0 Å². The molecule has 2 aromatic carbocycles. The Hall–Kier alpha value is -3.46. The first-order valence-electron chi connectivity index (χ1n) is 14.8. The van der Waals surface area contributed by atoms with E-state index >= 15 is 0 Å². The number of anilines is 1. The number of ether oxygens (including phenoxy) is 1. The van der Waals surface area contributed by atoms with Crippen LogP contribution in [0.5, 0.6) is 5.88 Å². The molecule has 9 heteroatoms. The van der Waals surface area contributed by atoms with Gasteiger partial charge in [-0.05, 0) is 68.4 Å². The van der Waals surface area contributed by atoms with E-state index in [1.807, 2.05) is 32.0 Å². The number of hydrogen-bond acceptors (Lipinski definition) is 6. The van der Waals surface area contributed by atoms with Crippen molar-refractivity contribution in [1.29, 1.82) is 0 Å². The SMILES string of the molecule is CCCC[C@@H]1Oc2cc(-c3c(C)cccc3C)nc(n2)NS(=O)(=O)c2cccc(c2)C(=O)N[C@@H]1CC1CCCCC1. The fourth-order valence-corrected chi connectivity index (χ4v) is 7.09. The Morgan fingerprint density at radius 1 is 0.976 bits per heavy atom. The monoisotopic (exact) mass is 576 g/mol. The summed E-state index contributed by atoms with van der Waals surface area (Å²) in [5.41, 5.74) is 3.80. The molecule has 2 aliphatic rings. The largest absolute Gasteiger partial charge is 0.472 e. The van der Waals surface area contributed by atoms with Gasteiger partial charge >= 0.3 is 0 Å². The molecule has 1 aliphatic carbocycles. The Bertz CT molecular complexity index is 1480. The number of aromatic nitrogens is 2. The molecule has 2 N–H and O–H groups in total. The van der Waals surface area contributed by atoms with E-state index in [-0.39, 0.29) is 34.8 Å². The third-order valence-electron chi connectivity index (χ3n) is 8.26. The first-order valence-corrected chi connectivity index (χ1v) is 16.3. The van der Waals surface area contributed by atoms with Gasteiger partial charge in [-0.25, -0.2) is 18.1 Å². The number of fused-ring (bicyclic) bond motifs is 4. The van der Waals surface area contributed by atoms with Gasteiger partial charge in [0.2, 0.25) is 11.8 Å². The molecule has 2 heterocycles. The van der Waals surface area contributed by atoms with Gasteiger partial charge in [0, 0.05) is 17.2 Å². The second-order valence-electron chi connectivity index (χ2n) is 11.4. The van der Waals surface area contributed by atoms with Crippen molar-refractivity contribution < 1.29 is 17.9 Å². The van der Waals surface area contributed by atoms with Crippen molar-refractivity contribution in [2.45, 2.75) is 95.6 Å². The number of amides is 1. The van der Waals surface area contributed by atoms with Gasteiger partial charge in [-0.2, -0.15) is 4.98 Å². The first-order chi connectivity index (χ1) is 19.7. The molecule has 1 saturated carbocycles. The summed E-state index contributed by atoms with van der Waals surface area (Å²) >= 11 is 0. The number of aryl methyl sites for hydroxylation is 2. The number of sulfonamides is 1. The highest BCUT2D eigenvalue weighted by Crippen LogP contribution is 2.33. The van der Waals surface area contributed by atoms with Crippen LogP contribution in [0.2, 0.25) is 0 Å². The molecule has 5 rings (SSSR count). The van der Waals surface area contributed by atoms with Crippen LogP contribution in [0.3, 0.4) is 0 Å². The van der Waals surface area contributed by atoms with Gasteiger partial charge in [0.15, 0.2) is 0 Å². The molecule has 2 atom stereocenters. The van der Waals surface area contributed by atoms with E-state index in [0.29, 0.717) is 17.2 Å². The summed E-state index contributed by atoms with van der Waals surface area (Å²) in [5, 5.41) is 3.25. The standard InChI is InChI=1S/C32H40N4O4S/c1-4-5-17-28-26(18-23-13-7-6-8-14-23)33-31(37)24-15-10-16-25(19-24)41(38,39)36-32-34-27(20-29(35-32)40-28)30-21(2)11-9-12-22(30)3/h9-12,15-16,19-20,23,26,28H,4-8,13-14,17-18H2,1-3H3,(H,33,37)(H,34,35,36)/t26-,28+/m1/s1. The van der Waals surface area contributed by atoms with Gasteiger partial charge in [-0.1, -0.05) is 69.7 Å². The maximum absolute atomic E-state index is 13.6. The summed E-state index contributed by atoms with van der Waals surface area (Å²) in [7, 11) is -4.08. The van der Waals surface area contributed by atoms with E-state index in [2.05, 4.69) is 26.9 Å². The number of rotatable bonds is 6. The molecule has 4 bridgehead atoms. The number of carbonyl (C=O) groups excluding carboxylic acids is 1. The minimum atomic E-state index is -4.08. The van der Waals surface area contributed by atoms with E-state index in [0.717, 1.165) is 55.2 Å². The molecule has 8 nitrogen and oxygen atoms in total. The molecule has 1 aliphatic heterocycles. The maximum atomic E-state index is 13.6. The number of unbranched alkanes of at least 4 members (excludes halogenated alkanes) is 1. The second kappa shape index (κ2) is 12.6. The Kier molecular flexibility index (Phi) is 8.92. The molecule has 218 valence electrons. The third-order valence-corrected chi connectivity index (χ3v) is 9.59. The van der Waals surface area contributed by atoms with Crippen molar-refractivity contribution in [1.82, 2.24) is 15.3 Å². The van der Waals surface area contributed by atoms with Gasteiger partial charge in [-0.15, -0.1) is 0 Å². The van der Waals surface area contributed by atoms with Crippen molar-refractivity contribution in [3.63, 3.8) is 0 Å². The number of hydrogen-bond donors (Lipinski definition) is 2. The molecule has 1 aromatic heterocycles. The Labute approximate surface area is 243 Å². The van der Waals surface area contributed by atoms with Gasteiger partial charge < -0.3 is 10.1 Å². The zero-order valence-electron chi connectivity index (χ0n) is 24.2. The maximum Gasteiger partial charge on any atom is 0.264 e. The summed E-state index contributed by atoms with van der Waals surface area (Å²) in [5.74, 6) is 0.408. The van der Waals surface area contributed by atoms with E-state index < -0.39 is 10.0 Å². The molecule has 41 heavy (non-hydrogen) atoms. The van der Waals surface area contributed by atoms with Crippen molar-refractivity contribution in [3.8, 4) is 17.1 Å². The van der Waals surface area contributed by atoms with E-state index in [1.165, 1.54) is 31.4 Å². The zero-order valence-corrected chi connectivity index (χ0v) is 25.0. The normalized spacial score (nSPS) is 20.9. The first kappa shape index (κ1) is 29.0. The quantitative estimate of drug-likeness (QED) is 0.343. The summed E-state index contributed by atoms with van der Waals surface area (Å²) in [6.07, 6.45) is 9.03. The van der Waals surface area contributed by atoms with E-state index in [1.54, 1.807) is 18.2 Å². The fourth-order valence-electron chi connectivity index (χ4n) is 6.10. The molecule has 0 saturated heterocycles. The molecule has 3 aromatic rings. The van der Waals surface area contributed by atoms with Crippen LogP contribution in [0.25, 0.3) is 11.3 Å². The molecule has 0 unspecified atom stereocenters. The minimum absolute atomic E-state index is 0.0284. The molecule has 0 radical (unpaired) electrons. The van der Waals surface area contributed by atoms with Crippen molar-refractivity contribution in [2.75, 3.05) is 4.72 Å². The van der Waals surface area contributed by atoms with E-state index in [9.17, 15) is 13.2 Å². The average Bonchev–Trinajstić information content (AvgIpc) is 2.95. The lowest BCUT2D eigenvalue weighted by molar-refractivity contribution is 0.0803. The van der Waals surface area contributed by atoms with Gasteiger partial charge in [-0.3, -0.25) is 4.79 Å². The lowest BCUT2D eigenvalue weighted by atomic mass is 9.83. The van der Waals surface area contributed by atoms with Crippen molar-refractivity contribution in [3.05, 3.63) is 65.2 Å². The van der Waals surface area contributed by atoms with Crippen molar-refractivity contribution in [2.24, 2.45) is 5.92 Å². The lowest BCUT2D eigenvalue weighted by Gasteiger charge is -2.33. The van der Waals surface area contributed by atoms with E-state index in [4.69, 9.17) is 4.74 Å². The molecule has 1 amide bonds. The van der Waals surface area contributed by atoms with Gasteiger partial charge in [0.25, 0.3) is 15.9 Å². The molecular weight excluding hydrogens is 536 g/mol. The topological polar surface area (TPSA) is 110 Å². The fraction of sp³-hybridized carbons (Fsp3) is 0.469. The molecule has 1 fully saturated rings. The van der Waals surface area contributed by atoms with Crippen molar-refractivity contribution >= 4 is 21.9 Å². The van der Waals surface area contributed by atoms with Gasteiger partial charge in [0.05, 0.1) is 16.6 Å². The Morgan fingerprint density at radius 2 is 1.71 bits per heavy atom. The second-order valence-corrected chi connectivity index (χ2v) is 13.1. The third kappa shape index (κ3) is 6.89. The smallest absolute Gasteiger partial charge is 0.264 e. The average molecular weight is 577 g/mol. The van der Waals surface area contributed by atoms with Crippen LogP contribution in [0.15, 0.2) is 53.4 Å². The highest BCUT2D eigenvalue weighted by atomic mass is 32.2. The highest BCUT2D eigenvalue weighted by molar-refractivity contribution is 7.92. The van der Waals surface area contributed by atoms with Crippen LogP contribution in [0, 0.1) is 19.8 Å². The lowest BCUT2D eigenvalue weighted by Crippen LogP contribution is -2.47. The molecule has 0 spiro atoms. The predicted octanol–water partition coefficient (Wildman–Crippen LogP) is 6.58. The van der Waals surface area contributed by atoms with Crippen LogP contribution < -0.4 is 14.8 Å². The predicted molar refractivity (Wildman–Crippen MR) is 161 cm³/mol. The number of nitrogens with zero attached hydrogens (tertiary/aromatic N) is 2. The summed E-state index contributed by atoms with van der Waals surface area (Å²) < 4.78 is 36.0. The number of carbonyl (C=O) groups is 1. The summed E-state index contributed by atoms with van der Waals surface area (Å²) in [6.45, 7) is 6.14. The Balaban J connectivity index is 1.65. The molecular formula is C32H40N4O4S. The van der Waals surface area contributed by atoms with Gasteiger partial charge in [0.1, 0.15) is 6.10 Å². The van der Waals surface area contributed by atoms with Crippen LogP contribution in [-0.4, -0.2) is 36.4 Å². The van der Waals surface area contributed by atoms with Crippen LogP contribution in [0.4, 0.5) is 5.95 Å². The van der Waals surface area contributed by atoms with Crippen LogP contribution in [-0.2, 0) is 10.0 Å².